The molecule has 0 aliphatic carbocycles. The fourth-order valence-electron chi connectivity index (χ4n) is 1.63. The van der Waals surface area contributed by atoms with Crippen LogP contribution in [-0.2, 0) is 23.6 Å². The monoisotopic (exact) mass is 343 g/mol. The molecule has 0 bridgehead atoms. The number of carbonyl (C=O) groups is 1. The lowest BCUT2D eigenvalue weighted by Gasteiger charge is -2.06. The summed E-state index contributed by atoms with van der Waals surface area (Å²) in [6.45, 7) is 0.193. The van der Waals surface area contributed by atoms with E-state index in [4.69, 9.17) is 11.6 Å². The molecule has 2 N–H and O–H groups in total. The fourth-order valence-corrected chi connectivity index (χ4v) is 2.42. The first-order valence-corrected chi connectivity index (χ1v) is 8.05. The van der Waals surface area contributed by atoms with Crippen LogP contribution in [0.5, 0.6) is 0 Å². The van der Waals surface area contributed by atoms with Crippen molar-refractivity contribution >= 4 is 27.5 Å². The molecule has 0 saturated heterocycles. The van der Waals surface area contributed by atoms with Crippen molar-refractivity contribution in [3.8, 4) is 0 Å². The van der Waals surface area contributed by atoms with Gasteiger partial charge in [0.15, 0.2) is 5.03 Å². The van der Waals surface area contributed by atoms with Crippen molar-refractivity contribution in [1.29, 1.82) is 0 Å². The molecule has 2 aromatic rings. The Kier molecular flexibility index (Phi) is 4.79. The topological polar surface area (TPSA) is 106 Å². The Labute approximate surface area is 132 Å². The highest BCUT2D eigenvalue weighted by Gasteiger charge is 2.14. The Balaban J connectivity index is 2.06. The molecule has 22 heavy (non-hydrogen) atoms. The standard InChI is InChI=1S/C12H14ClN5O3S/c1-14-22(20,21)11-4-3-8(5-16-11)12(19)17-7-10-15-6-9(13)18(10)2/h3-6,14H,7H2,1-2H3,(H,17,19). The summed E-state index contributed by atoms with van der Waals surface area (Å²) in [5.41, 5.74) is 0.246. The first kappa shape index (κ1) is 16.4. The summed E-state index contributed by atoms with van der Waals surface area (Å²) in [5, 5.41) is 2.97. The van der Waals surface area contributed by atoms with Crippen molar-refractivity contribution in [2.45, 2.75) is 11.6 Å². The van der Waals surface area contributed by atoms with Gasteiger partial charge in [-0.15, -0.1) is 0 Å². The molecule has 118 valence electrons. The van der Waals surface area contributed by atoms with E-state index >= 15 is 0 Å². The van der Waals surface area contributed by atoms with E-state index in [1.807, 2.05) is 0 Å². The molecule has 2 heterocycles. The number of rotatable bonds is 5. The minimum atomic E-state index is -3.62. The van der Waals surface area contributed by atoms with Gasteiger partial charge >= 0.3 is 0 Å². The van der Waals surface area contributed by atoms with Gasteiger partial charge in [-0.1, -0.05) is 11.6 Å². The van der Waals surface area contributed by atoms with Crippen LogP contribution in [-0.4, -0.2) is 35.9 Å². The summed E-state index contributed by atoms with van der Waals surface area (Å²) >= 11 is 5.85. The van der Waals surface area contributed by atoms with Gasteiger partial charge in [-0.05, 0) is 19.2 Å². The Bertz CT molecular complexity index is 786. The summed E-state index contributed by atoms with van der Waals surface area (Å²) < 4.78 is 26.9. The van der Waals surface area contributed by atoms with Crippen molar-refractivity contribution in [2.24, 2.45) is 7.05 Å². The number of aromatic nitrogens is 3. The van der Waals surface area contributed by atoms with E-state index in [2.05, 4.69) is 20.0 Å². The Morgan fingerprint density at radius 2 is 2.05 bits per heavy atom. The summed E-state index contributed by atoms with van der Waals surface area (Å²) in [6, 6.07) is 2.65. The second-order valence-corrected chi connectivity index (χ2v) is 6.55. The number of pyridine rings is 1. The molecule has 8 nitrogen and oxygen atoms in total. The predicted octanol–water partition coefficient (Wildman–Crippen LogP) is 0.307. The number of imidazole rings is 1. The van der Waals surface area contributed by atoms with Crippen LogP contribution in [0, 0.1) is 0 Å². The van der Waals surface area contributed by atoms with Crippen molar-refractivity contribution in [1.82, 2.24) is 24.6 Å². The molecule has 2 rings (SSSR count). The van der Waals surface area contributed by atoms with Crippen LogP contribution in [0.2, 0.25) is 5.15 Å². The van der Waals surface area contributed by atoms with Crippen LogP contribution in [0.25, 0.3) is 0 Å². The van der Waals surface area contributed by atoms with E-state index in [1.165, 1.54) is 31.6 Å². The van der Waals surface area contributed by atoms with Gasteiger partial charge in [-0.2, -0.15) is 0 Å². The van der Waals surface area contributed by atoms with Crippen molar-refractivity contribution in [3.63, 3.8) is 0 Å². The minimum absolute atomic E-state index is 0.151. The van der Waals surface area contributed by atoms with Crippen LogP contribution in [0.4, 0.5) is 0 Å². The highest BCUT2D eigenvalue weighted by atomic mass is 35.5. The molecule has 0 spiro atoms. The van der Waals surface area contributed by atoms with Gasteiger partial charge in [0, 0.05) is 13.2 Å². The maximum absolute atomic E-state index is 12.0. The fraction of sp³-hybridized carbons (Fsp3) is 0.250. The van der Waals surface area contributed by atoms with Crippen LogP contribution in [0.1, 0.15) is 16.2 Å². The molecule has 2 aromatic heterocycles. The Morgan fingerprint density at radius 3 is 2.55 bits per heavy atom. The average Bonchev–Trinajstić information content (AvgIpc) is 2.84. The first-order chi connectivity index (χ1) is 10.3. The molecule has 0 unspecified atom stereocenters. The molecular weight excluding hydrogens is 330 g/mol. The lowest BCUT2D eigenvalue weighted by molar-refractivity contribution is 0.0949. The van der Waals surface area contributed by atoms with E-state index in [9.17, 15) is 13.2 Å². The smallest absolute Gasteiger partial charge is 0.257 e. The first-order valence-electron chi connectivity index (χ1n) is 6.19. The number of nitrogens with one attached hydrogen (secondary N) is 2. The highest BCUT2D eigenvalue weighted by Crippen LogP contribution is 2.09. The molecule has 10 heteroatoms. The summed E-state index contributed by atoms with van der Waals surface area (Å²) in [6.07, 6.45) is 2.69. The van der Waals surface area contributed by atoms with Gasteiger partial charge in [0.05, 0.1) is 18.3 Å². The summed E-state index contributed by atoms with van der Waals surface area (Å²) in [7, 11) is -0.600. The maximum atomic E-state index is 12.0. The van der Waals surface area contributed by atoms with E-state index in [0.29, 0.717) is 11.0 Å². The third-order valence-corrected chi connectivity index (χ3v) is 4.66. The zero-order chi connectivity index (χ0) is 16.3. The van der Waals surface area contributed by atoms with Gasteiger partial charge in [0.25, 0.3) is 15.9 Å². The molecule has 0 aliphatic heterocycles. The zero-order valence-electron chi connectivity index (χ0n) is 11.9. The number of halogens is 1. The van der Waals surface area contributed by atoms with E-state index < -0.39 is 10.0 Å². The van der Waals surface area contributed by atoms with E-state index in [1.54, 1.807) is 11.6 Å². The van der Waals surface area contributed by atoms with Crippen molar-refractivity contribution < 1.29 is 13.2 Å². The number of hydrogen-bond donors (Lipinski definition) is 2. The SMILES string of the molecule is CNS(=O)(=O)c1ccc(C(=O)NCc2ncc(Cl)n2C)cn1. The molecule has 0 aliphatic rings. The van der Waals surface area contributed by atoms with Crippen LogP contribution >= 0.6 is 11.6 Å². The molecule has 0 fully saturated rings. The van der Waals surface area contributed by atoms with Gasteiger partial charge < -0.3 is 9.88 Å². The normalized spacial score (nSPS) is 11.4. The van der Waals surface area contributed by atoms with Gasteiger partial charge in [0.1, 0.15) is 11.0 Å². The quantitative estimate of drug-likeness (QED) is 0.812. The summed E-state index contributed by atoms with van der Waals surface area (Å²) in [4.78, 5) is 19.8. The maximum Gasteiger partial charge on any atom is 0.257 e. The van der Waals surface area contributed by atoms with Crippen LogP contribution < -0.4 is 10.0 Å². The Hall–Kier alpha value is -1.97. The van der Waals surface area contributed by atoms with Crippen molar-refractivity contribution in [3.05, 3.63) is 41.1 Å². The van der Waals surface area contributed by atoms with Gasteiger partial charge in [-0.25, -0.2) is 23.1 Å². The zero-order valence-corrected chi connectivity index (χ0v) is 13.4. The third-order valence-electron chi connectivity index (χ3n) is 2.98. The van der Waals surface area contributed by atoms with E-state index in [-0.39, 0.29) is 23.0 Å². The van der Waals surface area contributed by atoms with Crippen LogP contribution in [0.15, 0.2) is 29.6 Å². The molecular formula is C12H14ClN5O3S. The molecule has 0 atom stereocenters. The number of amides is 1. The number of sulfonamides is 1. The predicted molar refractivity (Wildman–Crippen MR) is 79.9 cm³/mol. The largest absolute Gasteiger partial charge is 0.345 e. The number of hydrogen-bond acceptors (Lipinski definition) is 5. The second kappa shape index (κ2) is 6.42. The number of nitrogens with zero attached hydrogens (tertiary/aromatic N) is 3. The lowest BCUT2D eigenvalue weighted by atomic mass is 10.3. The molecule has 0 aromatic carbocycles. The molecule has 0 saturated carbocycles. The number of carbonyl (C=O) groups excluding carboxylic acids is 1. The van der Waals surface area contributed by atoms with Crippen molar-refractivity contribution in [2.75, 3.05) is 7.05 Å². The Morgan fingerprint density at radius 1 is 1.32 bits per heavy atom. The molecule has 0 radical (unpaired) electrons. The second-order valence-electron chi connectivity index (χ2n) is 4.33. The van der Waals surface area contributed by atoms with Gasteiger partial charge in [0.2, 0.25) is 0 Å². The third kappa shape index (κ3) is 3.43. The van der Waals surface area contributed by atoms with E-state index in [0.717, 1.165) is 0 Å². The highest BCUT2D eigenvalue weighted by molar-refractivity contribution is 7.89. The van der Waals surface area contributed by atoms with Gasteiger partial charge in [-0.3, -0.25) is 4.79 Å². The lowest BCUT2D eigenvalue weighted by Crippen LogP contribution is -2.25. The summed E-state index contributed by atoms with van der Waals surface area (Å²) in [5.74, 6) is 0.209. The van der Waals surface area contributed by atoms with Crippen LogP contribution in [0.3, 0.4) is 0 Å². The average molecular weight is 344 g/mol. The molecule has 1 amide bonds. The minimum Gasteiger partial charge on any atom is -0.345 e.